The lowest BCUT2D eigenvalue weighted by molar-refractivity contribution is 0.942. The SMILES string of the molecule is C1=CC=CCC=C1.CC/C=C\c1c(C)nc(-c2ccccc2)n1-c1ccc(-c2ccc(-c3nc4c(-n5c6ccccc6c6ccccc65)ccnc4n3C)cc2)cc1. The summed E-state index contributed by atoms with van der Waals surface area (Å²) < 4.78 is 6.67. The van der Waals surface area contributed by atoms with Crippen molar-refractivity contribution in [1.82, 2.24) is 28.7 Å². The number of hydrogen-bond donors (Lipinski definition) is 0. The molecule has 0 spiro atoms. The zero-order valence-corrected chi connectivity index (χ0v) is 33.0. The number of fused-ring (bicyclic) bond motifs is 4. The van der Waals surface area contributed by atoms with E-state index in [0.717, 1.165) is 91.7 Å². The number of hydrogen-bond acceptors (Lipinski definition) is 3. The Morgan fingerprint density at radius 3 is 1.83 bits per heavy atom. The predicted molar refractivity (Wildman–Crippen MR) is 242 cm³/mol. The minimum absolute atomic E-state index is 0.849. The summed E-state index contributed by atoms with van der Waals surface area (Å²) in [6, 6.07) is 47.0. The lowest BCUT2D eigenvalue weighted by Gasteiger charge is -2.12. The minimum Gasteiger partial charge on any atom is -0.312 e. The third kappa shape index (κ3) is 6.79. The number of benzene rings is 5. The number of imidazole rings is 2. The van der Waals surface area contributed by atoms with Gasteiger partial charge in [0.15, 0.2) is 5.65 Å². The number of rotatable bonds is 7. The van der Waals surface area contributed by atoms with Gasteiger partial charge in [0.2, 0.25) is 0 Å². The average molecular weight is 753 g/mol. The minimum atomic E-state index is 0.849. The number of nitrogens with zero attached hydrogens (tertiary/aromatic N) is 6. The van der Waals surface area contributed by atoms with E-state index in [9.17, 15) is 0 Å². The Balaban J connectivity index is 0.000000565. The summed E-state index contributed by atoms with van der Waals surface area (Å²) in [5, 5.41) is 2.45. The van der Waals surface area contributed by atoms with Gasteiger partial charge in [-0.1, -0.05) is 153 Å². The van der Waals surface area contributed by atoms with Gasteiger partial charge >= 0.3 is 0 Å². The van der Waals surface area contributed by atoms with E-state index in [1.807, 2.05) is 31.5 Å². The molecule has 0 N–H and O–H groups in total. The van der Waals surface area contributed by atoms with Crippen LogP contribution in [0.4, 0.5) is 0 Å². The topological polar surface area (TPSA) is 53.5 Å². The lowest BCUT2D eigenvalue weighted by Crippen LogP contribution is -2.00. The molecule has 4 aromatic heterocycles. The zero-order valence-electron chi connectivity index (χ0n) is 33.0. The van der Waals surface area contributed by atoms with E-state index in [-0.39, 0.29) is 0 Å². The summed E-state index contributed by atoms with van der Waals surface area (Å²) in [4.78, 5) is 15.0. The molecule has 0 saturated heterocycles. The van der Waals surface area contributed by atoms with Crippen LogP contribution in [-0.4, -0.2) is 28.7 Å². The van der Waals surface area contributed by atoms with E-state index in [2.05, 4.69) is 191 Å². The molecule has 6 heteroatoms. The van der Waals surface area contributed by atoms with E-state index in [0.29, 0.717) is 0 Å². The maximum Gasteiger partial charge on any atom is 0.162 e. The van der Waals surface area contributed by atoms with Crippen molar-refractivity contribution in [2.45, 2.75) is 26.7 Å². The van der Waals surface area contributed by atoms with E-state index < -0.39 is 0 Å². The molecule has 282 valence electrons. The Morgan fingerprint density at radius 2 is 1.17 bits per heavy atom. The molecule has 9 aromatic rings. The van der Waals surface area contributed by atoms with Gasteiger partial charge in [0.25, 0.3) is 0 Å². The fourth-order valence-electron chi connectivity index (χ4n) is 7.83. The summed E-state index contributed by atoms with van der Waals surface area (Å²) in [7, 11) is 2.05. The zero-order chi connectivity index (χ0) is 39.4. The molecule has 0 amide bonds. The predicted octanol–water partition coefficient (Wildman–Crippen LogP) is 13.0. The Bertz CT molecular complexity index is 2940. The van der Waals surface area contributed by atoms with Gasteiger partial charge in [0.1, 0.15) is 17.2 Å². The Morgan fingerprint density at radius 1 is 0.586 bits per heavy atom. The Hall–Kier alpha value is -7.31. The van der Waals surface area contributed by atoms with Crippen molar-refractivity contribution < 1.29 is 0 Å². The van der Waals surface area contributed by atoms with Crippen molar-refractivity contribution in [3.63, 3.8) is 0 Å². The molecular formula is C52H44N6. The molecule has 0 unspecified atom stereocenters. The van der Waals surface area contributed by atoms with E-state index in [1.54, 1.807) is 0 Å². The molecule has 0 fully saturated rings. The van der Waals surface area contributed by atoms with Crippen LogP contribution in [0.1, 0.15) is 31.2 Å². The number of para-hydroxylation sites is 2. The van der Waals surface area contributed by atoms with Gasteiger partial charge in [-0.3, -0.25) is 4.57 Å². The second-order valence-corrected chi connectivity index (χ2v) is 14.4. The quantitative estimate of drug-likeness (QED) is 0.163. The average Bonchev–Trinajstić information content (AvgIpc) is 3.79. The molecule has 6 nitrogen and oxygen atoms in total. The molecule has 0 aliphatic heterocycles. The van der Waals surface area contributed by atoms with Crippen molar-refractivity contribution in [2.24, 2.45) is 7.05 Å². The maximum absolute atomic E-state index is 5.23. The third-order valence-corrected chi connectivity index (χ3v) is 10.7. The van der Waals surface area contributed by atoms with Crippen LogP contribution in [0.5, 0.6) is 0 Å². The smallest absolute Gasteiger partial charge is 0.162 e. The van der Waals surface area contributed by atoms with Crippen molar-refractivity contribution in [2.75, 3.05) is 0 Å². The van der Waals surface area contributed by atoms with Crippen LogP contribution in [0, 0.1) is 6.92 Å². The van der Waals surface area contributed by atoms with Gasteiger partial charge < -0.3 is 9.13 Å². The first-order valence-electron chi connectivity index (χ1n) is 19.9. The lowest BCUT2D eigenvalue weighted by atomic mass is 10.0. The molecule has 58 heavy (non-hydrogen) atoms. The van der Waals surface area contributed by atoms with Crippen LogP contribution >= 0.6 is 0 Å². The van der Waals surface area contributed by atoms with Crippen LogP contribution in [0.3, 0.4) is 0 Å². The van der Waals surface area contributed by atoms with E-state index in [1.165, 1.54) is 10.8 Å². The maximum atomic E-state index is 5.23. The highest BCUT2D eigenvalue weighted by Gasteiger charge is 2.19. The molecular weight excluding hydrogens is 709 g/mol. The van der Waals surface area contributed by atoms with E-state index >= 15 is 0 Å². The molecule has 4 heterocycles. The summed E-state index contributed by atoms with van der Waals surface area (Å²) >= 11 is 0. The second kappa shape index (κ2) is 16.0. The number of aromatic nitrogens is 6. The van der Waals surface area contributed by atoms with Gasteiger partial charge in [0, 0.05) is 40.8 Å². The molecule has 5 aromatic carbocycles. The van der Waals surface area contributed by atoms with Crippen molar-refractivity contribution in [3.05, 3.63) is 194 Å². The fourth-order valence-corrected chi connectivity index (χ4v) is 7.83. The first-order chi connectivity index (χ1) is 28.6. The first kappa shape index (κ1) is 36.3. The summed E-state index contributed by atoms with van der Waals surface area (Å²) in [5.74, 6) is 1.82. The molecule has 0 saturated carbocycles. The molecule has 1 aliphatic rings. The van der Waals surface area contributed by atoms with Crippen LogP contribution in [0.2, 0.25) is 0 Å². The fraction of sp³-hybridized carbons (Fsp3) is 0.0962. The largest absolute Gasteiger partial charge is 0.312 e. The molecule has 0 atom stereocenters. The summed E-state index contributed by atoms with van der Waals surface area (Å²) in [5.41, 5.74) is 12.7. The highest BCUT2D eigenvalue weighted by atomic mass is 15.1. The molecule has 0 radical (unpaired) electrons. The van der Waals surface area contributed by atoms with Gasteiger partial charge in [-0.05, 0) is 67.3 Å². The third-order valence-electron chi connectivity index (χ3n) is 10.7. The summed E-state index contributed by atoms with van der Waals surface area (Å²) in [6.07, 6.45) is 20.7. The molecule has 10 rings (SSSR count). The highest BCUT2D eigenvalue weighted by Crippen LogP contribution is 2.36. The Labute approximate surface area is 339 Å². The van der Waals surface area contributed by atoms with Gasteiger partial charge in [-0.15, -0.1) is 0 Å². The van der Waals surface area contributed by atoms with Crippen LogP contribution in [0.25, 0.3) is 84.3 Å². The van der Waals surface area contributed by atoms with Crippen LogP contribution in [0.15, 0.2) is 182 Å². The summed E-state index contributed by atoms with van der Waals surface area (Å²) in [6.45, 7) is 4.24. The Kier molecular flexibility index (Phi) is 10.1. The van der Waals surface area contributed by atoms with Crippen LogP contribution < -0.4 is 0 Å². The molecule has 0 bridgehead atoms. The number of allylic oxidation sites excluding steroid dienone is 7. The highest BCUT2D eigenvalue weighted by molar-refractivity contribution is 6.10. The first-order valence-corrected chi connectivity index (χ1v) is 19.9. The normalized spacial score (nSPS) is 12.5. The van der Waals surface area contributed by atoms with Gasteiger partial charge in [-0.2, -0.15) is 0 Å². The number of pyridine rings is 1. The monoisotopic (exact) mass is 752 g/mol. The second-order valence-electron chi connectivity index (χ2n) is 14.4. The van der Waals surface area contributed by atoms with E-state index in [4.69, 9.17) is 15.0 Å². The van der Waals surface area contributed by atoms with Crippen molar-refractivity contribution in [3.8, 4) is 45.3 Å². The van der Waals surface area contributed by atoms with Crippen molar-refractivity contribution in [1.29, 1.82) is 0 Å². The molecule has 1 aliphatic carbocycles. The van der Waals surface area contributed by atoms with Gasteiger partial charge in [-0.25, -0.2) is 15.0 Å². The standard InChI is InChI=1S/C45H36N6.C7H8/c1-4-5-17-38-30(2)47-44(33-13-7-6-8-14-33)50(38)35-26-24-32(25-27-35)31-20-22-34(23-21-31)43-48-42-41(28-29-46-45(42)49(43)3)51-39-18-11-9-15-36(39)37-16-10-12-19-40(37)51;1-2-4-6-7-5-3-1/h5-29H,4H2,1-3H3;1-6H,7H2/b17-5-;. The van der Waals surface area contributed by atoms with Crippen LogP contribution in [-0.2, 0) is 7.05 Å². The van der Waals surface area contributed by atoms with Crippen molar-refractivity contribution >= 4 is 39.0 Å². The van der Waals surface area contributed by atoms with Gasteiger partial charge in [0.05, 0.1) is 28.1 Å². The number of aryl methyl sites for hydroxylation is 2.